The van der Waals surface area contributed by atoms with Gasteiger partial charge >= 0.3 is 0 Å². The van der Waals surface area contributed by atoms with E-state index in [1.807, 2.05) is 0 Å². The van der Waals surface area contributed by atoms with Gasteiger partial charge in [0.2, 0.25) is 0 Å². The van der Waals surface area contributed by atoms with Gasteiger partial charge in [-0.2, -0.15) is 0 Å². The van der Waals surface area contributed by atoms with E-state index in [4.69, 9.17) is 11.6 Å². The number of anilines is 1. The van der Waals surface area contributed by atoms with Crippen LogP contribution in [0.1, 0.15) is 19.3 Å². The smallest absolute Gasteiger partial charge is 0.271 e. The Bertz CT molecular complexity index is 509. The molecular weight excluding hydrogens is 266 g/mol. The summed E-state index contributed by atoms with van der Waals surface area (Å²) in [6.45, 7) is 2.32. The second-order valence-corrected chi connectivity index (χ2v) is 5.61. The Morgan fingerprint density at radius 3 is 2.95 bits per heavy atom. The molecule has 2 aliphatic heterocycles. The van der Waals surface area contributed by atoms with Gasteiger partial charge in [-0.1, -0.05) is 11.6 Å². The lowest BCUT2D eigenvalue weighted by Gasteiger charge is -2.22. The molecule has 0 amide bonds. The van der Waals surface area contributed by atoms with Crippen LogP contribution in [0.15, 0.2) is 18.2 Å². The van der Waals surface area contributed by atoms with Crippen LogP contribution in [0.4, 0.5) is 11.4 Å². The first kappa shape index (κ1) is 12.7. The fourth-order valence-electron chi connectivity index (χ4n) is 3.19. The van der Waals surface area contributed by atoms with E-state index in [0.29, 0.717) is 17.1 Å². The molecular formula is C13H16ClN3O2. The number of nitro groups is 1. The quantitative estimate of drug-likeness (QED) is 0.684. The molecule has 2 fully saturated rings. The number of nitrogens with zero attached hydrogens (tertiary/aromatic N) is 2. The highest BCUT2D eigenvalue weighted by Crippen LogP contribution is 2.33. The molecule has 0 aromatic heterocycles. The van der Waals surface area contributed by atoms with Crippen LogP contribution in [0.5, 0.6) is 0 Å². The number of fused-ring (bicyclic) bond motifs is 1. The molecule has 0 aliphatic carbocycles. The average molecular weight is 282 g/mol. The minimum Gasteiger partial charge on any atom is -0.379 e. The Kier molecular flexibility index (Phi) is 3.33. The van der Waals surface area contributed by atoms with Gasteiger partial charge in [0.25, 0.3) is 5.69 Å². The predicted molar refractivity (Wildman–Crippen MR) is 74.7 cm³/mol. The Labute approximate surface area is 116 Å². The summed E-state index contributed by atoms with van der Waals surface area (Å²) in [7, 11) is 0. The topological polar surface area (TPSA) is 58.4 Å². The van der Waals surface area contributed by atoms with E-state index >= 15 is 0 Å². The largest absolute Gasteiger partial charge is 0.379 e. The molecule has 2 aliphatic rings. The first-order valence-corrected chi connectivity index (χ1v) is 6.97. The first-order valence-electron chi connectivity index (χ1n) is 6.59. The molecule has 0 saturated carbocycles. The monoisotopic (exact) mass is 281 g/mol. The number of non-ortho nitro benzene ring substituents is 1. The SMILES string of the molecule is O=[N+]([O-])c1ccc(NC2CCN3CCCC23)c(Cl)c1. The standard InChI is InChI=1S/C13H16ClN3O2/c14-10-8-9(17(18)19)3-4-11(10)15-12-5-7-16-6-1-2-13(12)16/h3-4,8,12-13,15H,1-2,5-7H2. The third kappa shape index (κ3) is 2.40. The summed E-state index contributed by atoms with van der Waals surface area (Å²) in [5.41, 5.74) is 0.829. The van der Waals surface area contributed by atoms with Crippen molar-refractivity contribution >= 4 is 23.0 Å². The molecule has 0 radical (unpaired) electrons. The Hall–Kier alpha value is -1.33. The summed E-state index contributed by atoms with van der Waals surface area (Å²) >= 11 is 6.11. The van der Waals surface area contributed by atoms with Crippen molar-refractivity contribution in [3.8, 4) is 0 Å². The molecule has 2 atom stereocenters. The van der Waals surface area contributed by atoms with Gasteiger partial charge in [0.05, 0.1) is 15.6 Å². The summed E-state index contributed by atoms with van der Waals surface area (Å²) in [5.74, 6) is 0. The fraction of sp³-hybridized carbons (Fsp3) is 0.538. The summed E-state index contributed by atoms with van der Waals surface area (Å²) in [4.78, 5) is 12.8. The van der Waals surface area contributed by atoms with Crippen molar-refractivity contribution < 1.29 is 4.92 Å². The number of benzene rings is 1. The molecule has 2 unspecified atom stereocenters. The number of nitrogens with one attached hydrogen (secondary N) is 1. The van der Waals surface area contributed by atoms with Crippen LogP contribution >= 0.6 is 11.6 Å². The van der Waals surface area contributed by atoms with Crippen LogP contribution in [-0.2, 0) is 0 Å². The van der Waals surface area contributed by atoms with E-state index in [9.17, 15) is 10.1 Å². The maximum atomic E-state index is 10.7. The molecule has 2 saturated heterocycles. The van der Waals surface area contributed by atoms with Crippen molar-refractivity contribution in [1.29, 1.82) is 0 Å². The number of halogens is 1. The van der Waals surface area contributed by atoms with E-state index in [-0.39, 0.29) is 5.69 Å². The minimum absolute atomic E-state index is 0.0319. The molecule has 0 bridgehead atoms. The van der Waals surface area contributed by atoms with Gasteiger partial charge in [-0.3, -0.25) is 15.0 Å². The van der Waals surface area contributed by atoms with Gasteiger partial charge in [-0.15, -0.1) is 0 Å². The zero-order valence-electron chi connectivity index (χ0n) is 10.5. The number of rotatable bonds is 3. The molecule has 1 aromatic rings. The van der Waals surface area contributed by atoms with Gasteiger partial charge in [-0.25, -0.2) is 0 Å². The lowest BCUT2D eigenvalue weighted by atomic mass is 10.1. The Balaban J connectivity index is 1.75. The fourth-order valence-corrected chi connectivity index (χ4v) is 3.41. The molecule has 1 N–H and O–H groups in total. The van der Waals surface area contributed by atoms with Gasteiger partial charge in [0.15, 0.2) is 0 Å². The van der Waals surface area contributed by atoms with Gasteiger partial charge in [0.1, 0.15) is 0 Å². The lowest BCUT2D eigenvalue weighted by Crippen LogP contribution is -2.33. The summed E-state index contributed by atoms with van der Waals surface area (Å²) < 4.78 is 0. The molecule has 102 valence electrons. The average Bonchev–Trinajstić information content (AvgIpc) is 2.96. The maximum Gasteiger partial charge on any atom is 0.271 e. The molecule has 0 spiro atoms. The van der Waals surface area contributed by atoms with E-state index in [1.165, 1.54) is 31.5 Å². The summed E-state index contributed by atoms with van der Waals surface area (Å²) in [5, 5.41) is 14.6. The highest BCUT2D eigenvalue weighted by atomic mass is 35.5. The number of hydrogen-bond acceptors (Lipinski definition) is 4. The molecule has 2 heterocycles. The van der Waals surface area contributed by atoms with Crippen LogP contribution in [0, 0.1) is 10.1 Å². The number of hydrogen-bond donors (Lipinski definition) is 1. The first-order chi connectivity index (χ1) is 9.15. The maximum absolute atomic E-state index is 10.7. The number of nitro benzene ring substituents is 1. The second kappa shape index (κ2) is 4.98. The highest BCUT2D eigenvalue weighted by Gasteiger charge is 2.37. The molecule has 6 heteroatoms. The van der Waals surface area contributed by atoms with Crippen molar-refractivity contribution in [2.75, 3.05) is 18.4 Å². The predicted octanol–water partition coefficient (Wildman–Crippen LogP) is 2.90. The normalized spacial score (nSPS) is 26.4. The van der Waals surface area contributed by atoms with E-state index in [2.05, 4.69) is 10.2 Å². The van der Waals surface area contributed by atoms with Gasteiger partial charge in [0, 0.05) is 30.8 Å². The summed E-state index contributed by atoms with van der Waals surface area (Å²) in [6.07, 6.45) is 3.59. The molecule has 3 rings (SSSR count). The van der Waals surface area contributed by atoms with Crippen LogP contribution < -0.4 is 5.32 Å². The minimum atomic E-state index is -0.427. The molecule has 5 nitrogen and oxygen atoms in total. The lowest BCUT2D eigenvalue weighted by molar-refractivity contribution is -0.384. The Morgan fingerprint density at radius 1 is 1.37 bits per heavy atom. The van der Waals surface area contributed by atoms with Gasteiger partial charge in [-0.05, 0) is 31.9 Å². The van der Waals surface area contributed by atoms with E-state index in [1.54, 1.807) is 6.07 Å². The zero-order chi connectivity index (χ0) is 13.4. The molecule has 19 heavy (non-hydrogen) atoms. The van der Waals surface area contributed by atoms with Gasteiger partial charge < -0.3 is 5.32 Å². The van der Waals surface area contributed by atoms with Crippen molar-refractivity contribution in [3.05, 3.63) is 33.3 Å². The summed E-state index contributed by atoms with van der Waals surface area (Å²) in [6, 6.07) is 5.60. The van der Waals surface area contributed by atoms with Crippen LogP contribution in [0.25, 0.3) is 0 Å². The Morgan fingerprint density at radius 2 is 2.21 bits per heavy atom. The molecule has 1 aromatic carbocycles. The van der Waals surface area contributed by atoms with Crippen molar-refractivity contribution in [2.24, 2.45) is 0 Å². The van der Waals surface area contributed by atoms with Crippen LogP contribution in [-0.4, -0.2) is 35.0 Å². The van der Waals surface area contributed by atoms with Crippen molar-refractivity contribution in [3.63, 3.8) is 0 Å². The van der Waals surface area contributed by atoms with Crippen LogP contribution in [0.3, 0.4) is 0 Å². The van der Waals surface area contributed by atoms with Crippen LogP contribution in [0.2, 0.25) is 5.02 Å². The van der Waals surface area contributed by atoms with E-state index in [0.717, 1.165) is 18.7 Å². The third-order valence-electron chi connectivity index (χ3n) is 4.11. The third-order valence-corrected chi connectivity index (χ3v) is 4.42. The zero-order valence-corrected chi connectivity index (χ0v) is 11.3. The van der Waals surface area contributed by atoms with Crippen molar-refractivity contribution in [1.82, 2.24) is 4.90 Å². The van der Waals surface area contributed by atoms with E-state index < -0.39 is 4.92 Å². The second-order valence-electron chi connectivity index (χ2n) is 5.21. The van der Waals surface area contributed by atoms with Crippen molar-refractivity contribution in [2.45, 2.75) is 31.3 Å². The highest BCUT2D eigenvalue weighted by molar-refractivity contribution is 6.33.